The van der Waals surface area contributed by atoms with Gasteiger partial charge in [0.15, 0.2) is 0 Å². The van der Waals surface area contributed by atoms with Crippen molar-refractivity contribution < 1.29 is 9.53 Å². The monoisotopic (exact) mass is 248 g/mol. The minimum absolute atomic E-state index is 0.0263. The fourth-order valence-electron chi connectivity index (χ4n) is 2.11. The maximum absolute atomic E-state index is 11.1. The van der Waals surface area contributed by atoms with E-state index in [1.165, 1.54) is 12.5 Å². The van der Waals surface area contributed by atoms with Crippen LogP contribution < -0.4 is 5.32 Å². The molecule has 1 saturated heterocycles. The van der Waals surface area contributed by atoms with Crippen LogP contribution in [-0.4, -0.2) is 37.1 Å². The Kier molecular flexibility index (Phi) is 4.33. The maximum Gasteiger partial charge on any atom is 0.221 e. The van der Waals surface area contributed by atoms with Gasteiger partial charge in [0.25, 0.3) is 0 Å². The van der Waals surface area contributed by atoms with E-state index in [2.05, 4.69) is 28.4 Å². The summed E-state index contributed by atoms with van der Waals surface area (Å²) in [6, 6.07) is 6.24. The van der Waals surface area contributed by atoms with Gasteiger partial charge in [-0.05, 0) is 24.1 Å². The molecule has 2 rings (SSSR count). The van der Waals surface area contributed by atoms with Crippen LogP contribution >= 0.6 is 0 Å². The van der Waals surface area contributed by atoms with E-state index < -0.39 is 0 Å². The number of anilines is 1. The Morgan fingerprint density at radius 3 is 2.78 bits per heavy atom. The van der Waals surface area contributed by atoms with Crippen LogP contribution in [0.3, 0.4) is 0 Å². The predicted molar refractivity (Wildman–Crippen MR) is 71.6 cm³/mol. The molecule has 1 aliphatic rings. The lowest BCUT2D eigenvalue weighted by atomic mass is 10.1. The summed E-state index contributed by atoms with van der Waals surface area (Å²) in [7, 11) is 0. The molecule has 1 amide bonds. The molecule has 1 fully saturated rings. The molecule has 0 radical (unpaired) electrons. The molecule has 4 heteroatoms. The standard InChI is InChI=1S/C14H20N2O2/c1-11-3-4-13(9-14(11)15-12(2)17)10-16-5-7-18-8-6-16/h3-4,9H,5-8,10H2,1-2H3,(H,15,17). The lowest BCUT2D eigenvalue weighted by Crippen LogP contribution is -2.35. The molecule has 1 aromatic rings. The molecule has 0 bridgehead atoms. The maximum atomic E-state index is 11.1. The van der Waals surface area contributed by atoms with Gasteiger partial charge in [0.05, 0.1) is 13.2 Å². The highest BCUT2D eigenvalue weighted by Crippen LogP contribution is 2.18. The Labute approximate surface area is 108 Å². The highest BCUT2D eigenvalue weighted by molar-refractivity contribution is 5.89. The first kappa shape index (κ1) is 13.1. The van der Waals surface area contributed by atoms with Crippen molar-refractivity contribution in [2.24, 2.45) is 0 Å². The summed E-state index contributed by atoms with van der Waals surface area (Å²) in [6.45, 7) is 8.02. The second-order valence-corrected chi connectivity index (χ2v) is 4.72. The van der Waals surface area contributed by atoms with Gasteiger partial charge in [0.1, 0.15) is 0 Å². The zero-order valence-corrected chi connectivity index (χ0v) is 11.0. The van der Waals surface area contributed by atoms with Crippen LogP contribution in [0.2, 0.25) is 0 Å². The van der Waals surface area contributed by atoms with Gasteiger partial charge in [-0.1, -0.05) is 12.1 Å². The van der Waals surface area contributed by atoms with Crippen LogP contribution in [-0.2, 0) is 16.1 Å². The normalized spacial score (nSPS) is 16.6. The second kappa shape index (κ2) is 5.98. The average Bonchev–Trinajstić information content (AvgIpc) is 2.34. The van der Waals surface area contributed by atoms with E-state index in [1.54, 1.807) is 0 Å². The summed E-state index contributed by atoms with van der Waals surface area (Å²) in [4.78, 5) is 13.5. The van der Waals surface area contributed by atoms with Crippen molar-refractivity contribution >= 4 is 11.6 Å². The number of hydrogen-bond acceptors (Lipinski definition) is 3. The molecule has 0 unspecified atom stereocenters. The second-order valence-electron chi connectivity index (χ2n) is 4.72. The van der Waals surface area contributed by atoms with Crippen molar-refractivity contribution in [2.75, 3.05) is 31.6 Å². The van der Waals surface area contributed by atoms with E-state index in [9.17, 15) is 4.79 Å². The highest BCUT2D eigenvalue weighted by Gasteiger charge is 2.11. The fraction of sp³-hybridized carbons (Fsp3) is 0.500. The number of nitrogens with one attached hydrogen (secondary N) is 1. The predicted octanol–water partition coefficient (Wildman–Crippen LogP) is 1.79. The SMILES string of the molecule is CC(=O)Nc1cc(CN2CCOCC2)ccc1C. The van der Waals surface area contributed by atoms with Crippen LogP contribution in [0.4, 0.5) is 5.69 Å². The fourth-order valence-corrected chi connectivity index (χ4v) is 2.11. The topological polar surface area (TPSA) is 41.6 Å². The minimum Gasteiger partial charge on any atom is -0.379 e. The van der Waals surface area contributed by atoms with Gasteiger partial charge in [0, 0.05) is 32.2 Å². The molecular weight excluding hydrogens is 228 g/mol. The van der Waals surface area contributed by atoms with Crippen molar-refractivity contribution in [3.05, 3.63) is 29.3 Å². The van der Waals surface area contributed by atoms with E-state index >= 15 is 0 Å². The average molecular weight is 248 g/mol. The van der Waals surface area contributed by atoms with Crippen LogP contribution in [0, 0.1) is 6.92 Å². The number of nitrogens with zero attached hydrogens (tertiary/aromatic N) is 1. The molecule has 1 N–H and O–H groups in total. The van der Waals surface area contributed by atoms with Gasteiger partial charge in [-0.15, -0.1) is 0 Å². The summed E-state index contributed by atoms with van der Waals surface area (Å²) in [6.07, 6.45) is 0. The highest BCUT2D eigenvalue weighted by atomic mass is 16.5. The largest absolute Gasteiger partial charge is 0.379 e. The molecule has 0 aromatic heterocycles. The van der Waals surface area contributed by atoms with Gasteiger partial charge in [-0.25, -0.2) is 0 Å². The third kappa shape index (κ3) is 3.55. The van der Waals surface area contributed by atoms with Crippen LogP contribution in [0.25, 0.3) is 0 Å². The molecular formula is C14H20N2O2. The van der Waals surface area contributed by atoms with Crippen LogP contribution in [0.5, 0.6) is 0 Å². The zero-order chi connectivity index (χ0) is 13.0. The quantitative estimate of drug-likeness (QED) is 0.886. The first-order valence-electron chi connectivity index (χ1n) is 6.32. The third-order valence-electron chi connectivity index (χ3n) is 3.12. The summed E-state index contributed by atoms with van der Waals surface area (Å²) in [5, 5.41) is 2.87. The third-order valence-corrected chi connectivity index (χ3v) is 3.12. The molecule has 0 aliphatic carbocycles. The molecule has 18 heavy (non-hydrogen) atoms. The molecule has 1 aromatic carbocycles. The number of aryl methyl sites for hydroxylation is 1. The number of amides is 1. The van der Waals surface area contributed by atoms with E-state index in [0.717, 1.165) is 44.1 Å². The van der Waals surface area contributed by atoms with E-state index in [1.807, 2.05) is 6.92 Å². The number of hydrogen-bond donors (Lipinski definition) is 1. The molecule has 0 atom stereocenters. The molecule has 0 spiro atoms. The lowest BCUT2D eigenvalue weighted by molar-refractivity contribution is -0.114. The Morgan fingerprint density at radius 2 is 2.11 bits per heavy atom. The number of rotatable bonds is 3. The number of carbonyl (C=O) groups is 1. The number of carbonyl (C=O) groups excluding carboxylic acids is 1. The van der Waals surface area contributed by atoms with Gasteiger partial charge in [0.2, 0.25) is 5.91 Å². The smallest absolute Gasteiger partial charge is 0.221 e. The van der Waals surface area contributed by atoms with Crippen molar-refractivity contribution in [1.29, 1.82) is 0 Å². The first-order valence-corrected chi connectivity index (χ1v) is 6.32. The van der Waals surface area contributed by atoms with Crippen molar-refractivity contribution in [2.45, 2.75) is 20.4 Å². The zero-order valence-electron chi connectivity index (χ0n) is 11.0. The Balaban J connectivity index is 2.05. The molecule has 98 valence electrons. The van der Waals surface area contributed by atoms with Crippen molar-refractivity contribution in [3.8, 4) is 0 Å². The van der Waals surface area contributed by atoms with Gasteiger partial charge >= 0.3 is 0 Å². The van der Waals surface area contributed by atoms with E-state index in [-0.39, 0.29) is 5.91 Å². The molecule has 1 aliphatic heterocycles. The van der Waals surface area contributed by atoms with Gasteiger partial charge in [-0.2, -0.15) is 0 Å². The van der Waals surface area contributed by atoms with Crippen molar-refractivity contribution in [1.82, 2.24) is 4.90 Å². The summed E-state index contributed by atoms with van der Waals surface area (Å²) in [5.41, 5.74) is 3.23. The Bertz CT molecular complexity index is 426. The van der Waals surface area contributed by atoms with Gasteiger partial charge < -0.3 is 10.1 Å². The number of ether oxygens (including phenoxy) is 1. The molecule has 4 nitrogen and oxygen atoms in total. The first-order chi connectivity index (χ1) is 8.65. The number of morpholine rings is 1. The Hall–Kier alpha value is -1.39. The van der Waals surface area contributed by atoms with E-state index in [0.29, 0.717) is 0 Å². The van der Waals surface area contributed by atoms with E-state index in [4.69, 9.17) is 4.74 Å². The minimum atomic E-state index is -0.0263. The van der Waals surface area contributed by atoms with Crippen LogP contribution in [0.1, 0.15) is 18.1 Å². The Morgan fingerprint density at radius 1 is 1.39 bits per heavy atom. The van der Waals surface area contributed by atoms with Gasteiger partial charge in [-0.3, -0.25) is 9.69 Å². The van der Waals surface area contributed by atoms with Crippen molar-refractivity contribution in [3.63, 3.8) is 0 Å². The summed E-state index contributed by atoms with van der Waals surface area (Å²) in [5.74, 6) is -0.0263. The summed E-state index contributed by atoms with van der Waals surface area (Å²) >= 11 is 0. The van der Waals surface area contributed by atoms with Crippen LogP contribution in [0.15, 0.2) is 18.2 Å². The number of benzene rings is 1. The lowest BCUT2D eigenvalue weighted by Gasteiger charge is -2.26. The molecule has 1 heterocycles. The summed E-state index contributed by atoms with van der Waals surface area (Å²) < 4.78 is 5.33. The molecule has 0 saturated carbocycles.